The van der Waals surface area contributed by atoms with Gasteiger partial charge in [0.1, 0.15) is 6.33 Å². The van der Waals surface area contributed by atoms with Gasteiger partial charge in [-0.1, -0.05) is 24.4 Å². The van der Waals surface area contributed by atoms with Crippen LogP contribution in [0.1, 0.15) is 25.7 Å². The average molecular weight is 428 g/mol. The smallest absolute Gasteiger partial charge is 0.232 e. The Hall–Kier alpha value is -1.28. The van der Waals surface area contributed by atoms with Crippen molar-refractivity contribution in [1.82, 2.24) is 20.1 Å². The molecule has 9 heteroatoms. The summed E-state index contributed by atoms with van der Waals surface area (Å²) in [6, 6.07) is 5.63. The van der Waals surface area contributed by atoms with Crippen LogP contribution in [0.2, 0.25) is 5.02 Å². The van der Waals surface area contributed by atoms with Gasteiger partial charge in [-0.15, -0.1) is 22.6 Å². The van der Waals surface area contributed by atoms with Gasteiger partial charge < -0.3 is 15.2 Å². The second-order valence-electron chi connectivity index (χ2n) is 7.16. The Kier molecular flexibility index (Phi) is 6.35. The fourth-order valence-electron chi connectivity index (χ4n) is 4.07. The van der Waals surface area contributed by atoms with Crippen molar-refractivity contribution in [2.75, 3.05) is 18.4 Å². The molecule has 2 fully saturated rings. The van der Waals surface area contributed by atoms with Gasteiger partial charge in [0.25, 0.3) is 0 Å². The van der Waals surface area contributed by atoms with Crippen LogP contribution >= 0.6 is 35.8 Å². The van der Waals surface area contributed by atoms with Gasteiger partial charge >= 0.3 is 0 Å². The lowest BCUT2D eigenvalue weighted by molar-refractivity contribution is -0.128. The predicted molar refractivity (Wildman–Crippen MR) is 110 cm³/mol. The molecule has 6 nitrogen and oxygen atoms in total. The van der Waals surface area contributed by atoms with E-state index >= 15 is 0 Å². The summed E-state index contributed by atoms with van der Waals surface area (Å²) in [5, 5.41) is 15.8. The molecule has 27 heavy (non-hydrogen) atoms. The third-order valence-electron chi connectivity index (χ3n) is 5.55. The zero-order valence-electron chi connectivity index (χ0n) is 15.1. The summed E-state index contributed by atoms with van der Waals surface area (Å²) < 4.78 is 1.84. The largest absolute Gasteiger partial charge is 0.326 e. The highest BCUT2D eigenvalue weighted by Crippen LogP contribution is 2.44. The van der Waals surface area contributed by atoms with Gasteiger partial charge in [-0.2, -0.15) is 0 Å². The molecule has 0 unspecified atom stereocenters. The normalized spacial score (nSPS) is 24.1. The monoisotopic (exact) mass is 427 g/mol. The standard InChI is InChI=1S/C18H22ClN5OS.ClH/c1-24-11-21-23-17(24)26-15-6-5-13(8-14(15)19)22-16(25)18-7-3-2-4-12(18)9-20-10-18;/h5-6,8,11-12,20H,2-4,7,9-10H2,1H3,(H,22,25);1H/t12-,18+;/m0./s1. The summed E-state index contributed by atoms with van der Waals surface area (Å²) in [7, 11) is 1.89. The minimum Gasteiger partial charge on any atom is -0.326 e. The number of nitrogens with one attached hydrogen (secondary N) is 2. The third-order valence-corrected chi connectivity index (χ3v) is 7.10. The van der Waals surface area contributed by atoms with Crippen molar-refractivity contribution in [3.05, 3.63) is 29.5 Å². The van der Waals surface area contributed by atoms with Gasteiger partial charge in [0.2, 0.25) is 5.91 Å². The molecular weight excluding hydrogens is 405 g/mol. The summed E-state index contributed by atoms with van der Waals surface area (Å²) in [4.78, 5) is 13.9. The molecule has 1 aliphatic carbocycles. The number of hydrogen-bond acceptors (Lipinski definition) is 5. The van der Waals surface area contributed by atoms with Gasteiger partial charge in [-0.3, -0.25) is 4.79 Å². The van der Waals surface area contributed by atoms with Crippen LogP contribution in [-0.4, -0.2) is 33.8 Å². The first-order valence-corrected chi connectivity index (χ1v) is 10.1. The van der Waals surface area contributed by atoms with E-state index in [1.165, 1.54) is 18.2 Å². The first-order valence-electron chi connectivity index (χ1n) is 8.92. The van der Waals surface area contributed by atoms with E-state index in [0.29, 0.717) is 10.9 Å². The number of fused-ring (bicyclic) bond motifs is 1. The summed E-state index contributed by atoms with van der Waals surface area (Å²) in [6.45, 7) is 1.72. The molecule has 1 saturated heterocycles. The highest BCUT2D eigenvalue weighted by Gasteiger charge is 2.49. The van der Waals surface area contributed by atoms with E-state index in [1.54, 1.807) is 6.33 Å². The lowest BCUT2D eigenvalue weighted by atomic mass is 9.67. The van der Waals surface area contributed by atoms with Crippen molar-refractivity contribution in [3.63, 3.8) is 0 Å². The zero-order chi connectivity index (χ0) is 18.1. The number of benzene rings is 1. The Labute approximate surface area is 174 Å². The van der Waals surface area contributed by atoms with Crippen molar-refractivity contribution in [2.24, 2.45) is 18.4 Å². The second kappa shape index (κ2) is 8.39. The van der Waals surface area contributed by atoms with Crippen molar-refractivity contribution in [2.45, 2.75) is 35.7 Å². The minimum atomic E-state index is -0.267. The number of aryl methyl sites for hydroxylation is 1. The number of rotatable bonds is 4. The Balaban J connectivity index is 0.00000210. The van der Waals surface area contributed by atoms with Gasteiger partial charge in [0.05, 0.1) is 10.4 Å². The number of amides is 1. The van der Waals surface area contributed by atoms with E-state index in [-0.39, 0.29) is 23.7 Å². The maximum absolute atomic E-state index is 13.0. The molecule has 2 aliphatic rings. The summed E-state index contributed by atoms with van der Waals surface area (Å²) in [5.74, 6) is 0.564. The average Bonchev–Trinajstić information content (AvgIpc) is 3.24. The van der Waals surface area contributed by atoms with E-state index in [0.717, 1.165) is 48.1 Å². The molecule has 1 amide bonds. The van der Waals surface area contributed by atoms with E-state index in [4.69, 9.17) is 11.6 Å². The molecule has 2 heterocycles. The molecule has 1 saturated carbocycles. The molecule has 2 N–H and O–H groups in total. The van der Waals surface area contributed by atoms with Crippen molar-refractivity contribution in [3.8, 4) is 0 Å². The van der Waals surface area contributed by atoms with Crippen LogP contribution in [0.15, 0.2) is 34.6 Å². The number of anilines is 1. The Morgan fingerprint density at radius 3 is 3.04 bits per heavy atom. The lowest BCUT2D eigenvalue weighted by Gasteiger charge is -2.37. The predicted octanol–water partition coefficient (Wildman–Crippen LogP) is 3.76. The molecule has 1 aliphatic heterocycles. The van der Waals surface area contributed by atoms with Crippen LogP contribution in [0, 0.1) is 11.3 Å². The van der Waals surface area contributed by atoms with Crippen LogP contribution in [0.25, 0.3) is 0 Å². The van der Waals surface area contributed by atoms with Gasteiger partial charge in [0, 0.05) is 24.2 Å². The molecule has 0 radical (unpaired) electrons. The van der Waals surface area contributed by atoms with E-state index in [2.05, 4.69) is 20.8 Å². The quantitative estimate of drug-likeness (QED) is 0.776. The number of halogens is 2. The molecule has 0 spiro atoms. The van der Waals surface area contributed by atoms with E-state index in [9.17, 15) is 4.79 Å². The van der Waals surface area contributed by atoms with Crippen LogP contribution < -0.4 is 10.6 Å². The van der Waals surface area contributed by atoms with Gasteiger partial charge in [0.15, 0.2) is 5.16 Å². The minimum absolute atomic E-state index is 0. The zero-order valence-corrected chi connectivity index (χ0v) is 17.5. The molecule has 4 rings (SSSR count). The van der Waals surface area contributed by atoms with Crippen LogP contribution in [0.5, 0.6) is 0 Å². The summed E-state index contributed by atoms with van der Waals surface area (Å²) in [6.07, 6.45) is 6.10. The molecule has 2 aromatic rings. The number of carbonyl (C=O) groups is 1. The maximum Gasteiger partial charge on any atom is 0.232 e. The van der Waals surface area contributed by atoms with Gasteiger partial charge in [-0.25, -0.2) is 0 Å². The Morgan fingerprint density at radius 1 is 1.44 bits per heavy atom. The number of nitrogens with zero attached hydrogens (tertiary/aromatic N) is 3. The molecule has 1 aromatic carbocycles. The topological polar surface area (TPSA) is 71.8 Å². The van der Waals surface area contributed by atoms with Crippen LogP contribution in [-0.2, 0) is 11.8 Å². The number of aromatic nitrogens is 3. The lowest BCUT2D eigenvalue weighted by Crippen LogP contribution is -2.44. The van der Waals surface area contributed by atoms with Crippen molar-refractivity contribution < 1.29 is 4.79 Å². The molecule has 0 bridgehead atoms. The van der Waals surface area contributed by atoms with E-state index < -0.39 is 0 Å². The van der Waals surface area contributed by atoms with E-state index in [1.807, 2.05) is 29.8 Å². The van der Waals surface area contributed by atoms with Crippen LogP contribution in [0.4, 0.5) is 5.69 Å². The first kappa shape index (κ1) is 20.5. The third kappa shape index (κ3) is 3.97. The number of carbonyl (C=O) groups excluding carboxylic acids is 1. The Bertz CT molecular complexity index is 830. The highest BCUT2D eigenvalue weighted by molar-refractivity contribution is 7.99. The second-order valence-corrected chi connectivity index (χ2v) is 8.57. The highest BCUT2D eigenvalue weighted by atomic mass is 35.5. The molecule has 2 atom stereocenters. The van der Waals surface area contributed by atoms with Gasteiger partial charge in [-0.05, 0) is 55.3 Å². The molecule has 1 aromatic heterocycles. The van der Waals surface area contributed by atoms with Crippen molar-refractivity contribution >= 4 is 47.4 Å². The first-order chi connectivity index (χ1) is 12.6. The number of hydrogen-bond donors (Lipinski definition) is 2. The Morgan fingerprint density at radius 2 is 2.30 bits per heavy atom. The fraction of sp³-hybridized carbons (Fsp3) is 0.500. The SMILES string of the molecule is Cl.Cn1cnnc1Sc1ccc(NC(=O)[C@@]23CCCC[C@H]2CNC3)cc1Cl. The summed E-state index contributed by atoms with van der Waals surface area (Å²) >= 11 is 7.89. The molecular formula is C18H23Cl2N5OS. The maximum atomic E-state index is 13.0. The summed E-state index contributed by atoms with van der Waals surface area (Å²) in [5.41, 5.74) is 0.476. The van der Waals surface area contributed by atoms with Crippen molar-refractivity contribution in [1.29, 1.82) is 0 Å². The van der Waals surface area contributed by atoms with Crippen LogP contribution in [0.3, 0.4) is 0 Å². The molecule has 146 valence electrons. The fourth-order valence-corrected chi connectivity index (χ4v) is 5.14.